The van der Waals surface area contributed by atoms with Crippen LogP contribution in [0.3, 0.4) is 0 Å². The zero-order valence-electron chi connectivity index (χ0n) is 8.40. The van der Waals surface area contributed by atoms with Gasteiger partial charge in [0.2, 0.25) is 0 Å². The van der Waals surface area contributed by atoms with Crippen LogP contribution in [-0.2, 0) is 4.79 Å². The van der Waals surface area contributed by atoms with Crippen molar-refractivity contribution >= 4 is 11.6 Å². The maximum Gasteiger partial charge on any atom is 0.196 e. The van der Waals surface area contributed by atoms with Crippen LogP contribution in [0.2, 0.25) is 0 Å². The summed E-state index contributed by atoms with van der Waals surface area (Å²) in [7, 11) is 0. The van der Waals surface area contributed by atoms with Crippen LogP contribution in [0.25, 0.3) is 0 Å². The first kappa shape index (κ1) is 9.84. The lowest BCUT2D eigenvalue weighted by Crippen LogP contribution is -2.15. The van der Waals surface area contributed by atoms with Crippen molar-refractivity contribution in [1.82, 2.24) is 0 Å². The predicted molar refractivity (Wildman–Crippen MR) is 57.7 cm³/mol. The molecule has 15 heavy (non-hydrogen) atoms. The molecule has 0 amide bonds. The van der Waals surface area contributed by atoms with E-state index in [0.717, 1.165) is 12.8 Å². The molecule has 0 aliphatic heterocycles. The summed E-state index contributed by atoms with van der Waals surface area (Å²) in [6, 6.07) is 8.95. The summed E-state index contributed by atoms with van der Waals surface area (Å²) in [6.07, 6.45) is 3.97. The van der Waals surface area contributed by atoms with E-state index >= 15 is 0 Å². The summed E-state index contributed by atoms with van der Waals surface area (Å²) in [5, 5.41) is 0. The summed E-state index contributed by atoms with van der Waals surface area (Å²) in [6.45, 7) is 0. The van der Waals surface area contributed by atoms with Gasteiger partial charge in [-0.15, -0.1) is 0 Å². The largest absolute Gasteiger partial charge is 0.294 e. The van der Waals surface area contributed by atoms with Crippen LogP contribution < -0.4 is 0 Å². The molecule has 0 bridgehead atoms. The Morgan fingerprint density at radius 3 is 2.53 bits per heavy atom. The average Bonchev–Trinajstić information content (AvgIpc) is 2.30. The van der Waals surface area contributed by atoms with Gasteiger partial charge in [-0.3, -0.25) is 9.59 Å². The van der Waals surface area contributed by atoms with Crippen LogP contribution in [0.5, 0.6) is 0 Å². The lowest BCUT2D eigenvalue weighted by molar-refractivity contribution is -0.115. The third kappa shape index (κ3) is 2.04. The third-order valence-corrected chi connectivity index (χ3v) is 2.54. The summed E-state index contributed by atoms with van der Waals surface area (Å²) >= 11 is 0. The Kier molecular flexibility index (Phi) is 2.77. The number of rotatable bonds is 2. The Morgan fingerprint density at radius 2 is 1.87 bits per heavy atom. The minimum absolute atomic E-state index is 0.0184. The average molecular weight is 200 g/mol. The Morgan fingerprint density at radius 1 is 1.13 bits per heavy atom. The van der Waals surface area contributed by atoms with E-state index in [4.69, 9.17) is 0 Å². The fourth-order valence-electron chi connectivity index (χ4n) is 1.72. The van der Waals surface area contributed by atoms with Crippen molar-refractivity contribution in [1.29, 1.82) is 0 Å². The molecule has 1 aromatic rings. The number of Topliss-reactive ketones (excluding diaryl/α,β-unsaturated/α-hetero) is 2. The van der Waals surface area contributed by atoms with E-state index in [1.807, 2.05) is 6.07 Å². The minimum Gasteiger partial charge on any atom is -0.294 e. The fraction of sp³-hybridized carbons (Fsp3) is 0.231. The van der Waals surface area contributed by atoms with E-state index in [-0.39, 0.29) is 11.6 Å². The van der Waals surface area contributed by atoms with Crippen LogP contribution >= 0.6 is 0 Å². The first-order chi connectivity index (χ1) is 7.29. The van der Waals surface area contributed by atoms with Crippen LogP contribution in [0.15, 0.2) is 42.0 Å². The molecule has 0 heterocycles. The Hall–Kier alpha value is -1.70. The van der Waals surface area contributed by atoms with Gasteiger partial charge in [-0.05, 0) is 12.8 Å². The van der Waals surface area contributed by atoms with Crippen molar-refractivity contribution in [2.75, 3.05) is 0 Å². The topological polar surface area (TPSA) is 34.1 Å². The quantitative estimate of drug-likeness (QED) is 0.543. The highest BCUT2D eigenvalue weighted by atomic mass is 16.1. The van der Waals surface area contributed by atoms with Gasteiger partial charge in [-0.25, -0.2) is 0 Å². The number of allylic oxidation sites excluding steroid dienone is 2. The van der Waals surface area contributed by atoms with Gasteiger partial charge in [0, 0.05) is 12.0 Å². The van der Waals surface area contributed by atoms with Crippen LogP contribution in [0.4, 0.5) is 0 Å². The summed E-state index contributed by atoms with van der Waals surface area (Å²) in [4.78, 5) is 23.4. The van der Waals surface area contributed by atoms with Gasteiger partial charge < -0.3 is 0 Å². The standard InChI is InChI=1S/C13H12O2/c14-12-9-5-4-8-11(12)13(15)10-6-2-1-3-7-10/h1-3,6-8H,4-5,9H2. The van der Waals surface area contributed by atoms with E-state index in [1.54, 1.807) is 30.3 Å². The second kappa shape index (κ2) is 4.22. The van der Waals surface area contributed by atoms with Crippen molar-refractivity contribution < 1.29 is 9.59 Å². The Labute approximate surface area is 88.6 Å². The van der Waals surface area contributed by atoms with Crippen LogP contribution in [-0.4, -0.2) is 11.6 Å². The molecule has 0 saturated carbocycles. The molecule has 2 nitrogen and oxygen atoms in total. The lowest BCUT2D eigenvalue weighted by Gasteiger charge is -2.10. The maximum atomic E-state index is 11.9. The molecule has 1 aliphatic carbocycles. The summed E-state index contributed by atoms with van der Waals surface area (Å²) < 4.78 is 0. The Bertz CT molecular complexity index is 415. The molecule has 0 N–H and O–H groups in total. The highest BCUT2D eigenvalue weighted by molar-refractivity contribution is 6.26. The van der Waals surface area contributed by atoms with Gasteiger partial charge in [-0.1, -0.05) is 36.4 Å². The fourth-order valence-corrected chi connectivity index (χ4v) is 1.72. The molecule has 1 aromatic carbocycles. The van der Waals surface area contributed by atoms with Gasteiger partial charge in [0.25, 0.3) is 0 Å². The minimum atomic E-state index is -0.139. The molecule has 0 saturated heterocycles. The molecule has 2 rings (SSSR count). The molecular formula is C13H12O2. The van der Waals surface area contributed by atoms with E-state index in [9.17, 15) is 9.59 Å². The highest BCUT2D eigenvalue weighted by Gasteiger charge is 2.21. The molecule has 0 spiro atoms. The van der Waals surface area contributed by atoms with Crippen LogP contribution in [0, 0.1) is 0 Å². The molecule has 0 atom stereocenters. The molecule has 2 heteroatoms. The van der Waals surface area contributed by atoms with Gasteiger partial charge in [0.05, 0.1) is 5.57 Å². The van der Waals surface area contributed by atoms with Gasteiger partial charge >= 0.3 is 0 Å². The monoisotopic (exact) mass is 200 g/mol. The second-order valence-electron chi connectivity index (χ2n) is 3.63. The third-order valence-electron chi connectivity index (χ3n) is 2.54. The first-order valence-electron chi connectivity index (χ1n) is 5.12. The number of carbonyl (C=O) groups is 2. The molecular weight excluding hydrogens is 188 g/mol. The van der Waals surface area contributed by atoms with Crippen molar-refractivity contribution in [3.05, 3.63) is 47.5 Å². The maximum absolute atomic E-state index is 11.9. The highest BCUT2D eigenvalue weighted by Crippen LogP contribution is 2.18. The van der Waals surface area contributed by atoms with E-state index in [1.165, 1.54) is 0 Å². The summed E-state index contributed by atoms with van der Waals surface area (Å²) in [5.41, 5.74) is 0.964. The normalized spacial score (nSPS) is 16.0. The number of carbonyl (C=O) groups excluding carboxylic acids is 2. The van der Waals surface area contributed by atoms with E-state index in [0.29, 0.717) is 17.6 Å². The molecule has 1 aliphatic rings. The van der Waals surface area contributed by atoms with Crippen molar-refractivity contribution in [2.24, 2.45) is 0 Å². The predicted octanol–water partition coefficient (Wildman–Crippen LogP) is 2.55. The van der Waals surface area contributed by atoms with Crippen molar-refractivity contribution in [3.63, 3.8) is 0 Å². The SMILES string of the molecule is O=C1CCCC=C1C(=O)c1ccccc1. The van der Waals surface area contributed by atoms with Gasteiger partial charge in [-0.2, -0.15) is 0 Å². The smallest absolute Gasteiger partial charge is 0.196 e. The zero-order chi connectivity index (χ0) is 10.7. The number of hydrogen-bond donors (Lipinski definition) is 0. The summed E-state index contributed by atoms with van der Waals surface area (Å²) in [5.74, 6) is -0.157. The second-order valence-corrected chi connectivity index (χ2v) is 3.63. The Balaban J connectivity index is 2.29. The molecule has 0 aromatic heterocycles. The molecule has 0 radical (unpaired) electrons. The number of ketones is 2. The van der Waals surface area contributed by atoms with Crippen molar-refractivity contribution in [2.45, 2.75) is 19.3 Å². The molecule has 0 unspecified atom stereocenters. The van der Waals surface area contributed by atoms with Gasteiger partial charge in [0.1, 0.15) is 0 Å². The van der Waals surface area contributed by atoms with Crippen LogP contribution in [0.1, 0.15) is 29.6 Å². The van der Waals surface area contributed by atoms with Gasteiger partial charge in [0.15, 0.2) is 11.6 Å². The van der Waals surface area contributed by atoms with Crippen molar-refractivity contribution in [3.8, 4) is 0 Å². The van der Waals surface area contributed by atoms with E-state index < -0.39 is 0 Å². The first-order valence-corrected chi connectivity index (χ1v) is 5.12. The van der Waals surface area contributed by atoms with E-state index in [2.05, 4.69) is 0 Å². The molecule has 76 valence electrons. The molecule has 0 fully saturated rings. The number of benzene rings is 1. The lowest BCUT2D eigenvalue weighted by atomic mass is 9.92. The number of hydrogen-bond acceptors (Lipinski definition) is 2. The zero-order valence-corrected chi connectivity index (χ0v) is 8.40.